The van der Waals surface area contributed by atoms with Crippen LogP contribution in [-0.4, -0.2) is 23.1 Å². The van der Waals surface area contributed by atoms with Gasteiger partial charge in [0.1, 0.15) is 12.4 Å². The molecule has 2 rings (SSSR count). The fourth-order valence-electron chi connectivity index (χ4n) is 1.18. The molecule has 0 aliphatic heterocycles. The maximum absolute atomic E-state index is 5.46. The summed E-state index contributed by atoms with van der Waals surface area (Å²) >= 11 is 0. The van der Waals surface area contributed by atoms with Gasteiger partial charge in [0.05, 0.1) is 12.9 Å². The van der Waals surface area contributed by atoms with Crippen molar-refractivity contribution in [2.75, 3.05) is 0 Å². The fourth-order valence-corrected chi connectivity index (χ4v) is 1.18. The van der Waals surface area contributed by atoms with Gasteiger partial charge >= 0.3 is 23.1 Å². The molecule has 0 saturated carbocycles. The smallest absolute Gasteiger partial charge is 1.00 e. The molecule has 0 atom stereocenters. The van der Waals surface area contributed by atoms with Crippen LogP contribution in [0.3, 0.4) is 0 Å². The normalized spacial score (nSPS) is 9.00. The van der Waals surface area contributed by atoms with E-state index < -0.39 is 0 Å². The van der Waals surface area contributed by atoms with E-state index in [0.29, 0.717) is 13.2 Å². The topological polar surface area (TPSA) is 22.4 Å². The van der Waals surface area contributed by atoms with E-state index in [2.05, 4.69) is 6.07 Å². The second kappa shape index (κ2) is 8.81. The molecule has 0 saturated heterocycles. The van der Waals surface area contributed by atoms with E-state index in [-0.39, 0.29) is 40.0 Å². The van der Waals surface area contributed by atoms with Crippen molar-refractivity contribution >= 4 is 23.1 Å². The van der Waals surface area contributed by atoms with E-state index in [0.717, 1.165) is 11.3 Å². The largest absolute Gasteiger partial charge is 2.00 e. The van der Waals surface area contributed by atoms with E-state index in [4.69, 9.17) is 9.15 Å². The van der Waals surface area contributed by atoms with E-state index in [9.17, 15) is 0 Å². The summed E-state index contributed by atoms with van der Waals surface area (Å²) in [6.07, 6.45) is 1.65. The summed E-state index contributed by atoms with van der Waals surface area (Å²) in [5, 5.41) is 0. The Kier molecular flexibility index (Phi) is 8.65. The molecule has 0 amide bonds. The molecule has 0 radical (unpaired) electrons. The zero-order valence-electron chi connectivity index (χ0n) is 8.86. The average Bonchev–Trinajstić information content (AvgIpc) is 2.72. The van der Waals surface area contributed by atoms with Crippen LogP contribution in [0.2, 0.25) is 0 Å². The van der Waals surface area contributed by atoms with Gasteiger partial charge < -0.3 is 26.1 Å². The Bertz CT molecular complexity index is 362. The van der Waals surface area contributed by atoms with Gasteiger partial charge in [0.25, 0.3) is 0 Å². The Labute approximate surface area is 122 Å². The second-order valence-electron chi connectivity index (χ2n) is 2.98. The number of hydrogen-bond acceptors (Lipinski definition) is 2. The molecule has 1 aromatic heterocycles. The Morgan fingerprint density at radius 2 is 1.88 bits per heavy atom. The van der Waals surface area contributed by atoms with E-state index in [1.807, 2.05) is 36.4 Å². The molecule has 2 aromatic rings. The molecule has 0 unspecified atom stereocenters. The SMILES string of the molecule is [Br-].[Mg+2].[c-]1ccc(COCc2ccco2)cc1. The standard InChI is InChI=1S/C12H11O2.BrH.Mg/c1-2-5-11(6-3-1)9-13-10-12-7-4-8-14-12;;/h2-8H,9-10H2;1H;/q-1;;+2/p-1. The molecule has 0 spiro atoms. The van der Waals surface area contributed by atoms with Crippen LogP contribution < -0.4 is 17.0 Å². The van der Waals surface area contributed by atoms with Gasteiger partial charge in [-0.25, -0.2) is 0 Å². The molecular weight excluding hydrogens is 280 g/mol. The number of rotatable bonds is 4. The molecule has 0 fully saturated rings. The zero-order chi connectivity index (χ0) is 9.64. The number of hydrogen-bond donors (Lipinski definition) is 0. The van der Waals surface area contributed by atoms with Gasteiger partial charge in [-0.05, 0) is 12.1 Å². The van der Waals surface area contributed by atoms with Gasteiger partial charge in [-0.2, -0.15) is 30.3 Å². The van der Waals surface area contributed by atoms with Crippen LogP contribution in [0, 0.1) is 6.07 Å². The molecule has 2 nitrogen and oxygen atoms in total. The first kappa shape index (κ1) is 15.7. The summed E-state index contributed by atoms with van der Waals surface area (Å²) in [6, 6.07) is 14.5. The quantitative estimate of drug-likeness (QED) is 0.555. The van der Waals surface area contributed by atoms with Gasteiger partial charge in [0.15, 0.2) is 0 Å². The van der Waals surface area contributed by atoms with Crippen LogP contribution >= 0.6 is 0 Å². The first-order chi connectivity index (χ1) is 6.95. The number of furan rings is 1. The van der Waals surface area contributed by atoms with Crippen LogP contribution in [0.15, 0.2) is 47.1 Å². The molecule has 0 N–H and O–H groups in total. The molecule has 4 heteroatoms. The van der Waals surface area contributed by atoms with Crippen molar-refractivity contribution < 1.29 is 26.1 Å². The van der Waals surface area contributed by atoms with Crippen LogP contribution in [0.5, 0.6) is 0 Å². The maximum Gasteiger partial charge on any atom is 2.00 e. The summed E-state index contributed by atoms with van der Waals surface area (Å²) in [4.78, 5) is 0. The molecule has 16 heavy (non-hydrogen) atoms. The summed E-state index contributed by atoms with van der Waals surface area (Å²) in [5.74, 6) is 0.854. The molecule has 0 aliphatic rings. The maximum atomic E-state index is 5.46. The van der Waals surface area contributed by atoms with E-state index in [1.165, 1.54) is 0 Å². The van der Waals surface area contributed by atoms with Crippen LogP contribution in [-0.2, 0) is 18.0 Å². The summed E-state index contributed by atoms with van der Waals surface area (Å²) in [7, 11) is 0. The van der Waals surface area contributed by atoms with Gasteiger partial charge in [0.2, 0.25) is 0 Å². The van der Waals surface area contributed by atoms with Crippen molar-refractivity contribution in [1.29, 1.82) is 0 Å². The number of ether oxygens (including phenoxy) is 1. The zero-order valence-corrected chi connectivity index (χ0v) is 11.9. The first-order valence-corrected chi connectivity index (χ1v) is 4.50. The van der Waals surface area contributed by atoms with Crippen molar-refractivity contribution in [2.24, 2.45) is 0 Å². The molecule has 0 aliphatic carbocycles. The van der Waals surface area contributed by atoms with Crippen LogP contribution in [0.4, 0.5) is 0 Å². The Hall–Kier alpha value is -0.294. The molecule has 1 aromatic carbocycles. The number of benzene rings is 1. The molecule has 0 bridgehead atoms. The minimum Gasteiger partial charge on any atom is -1.00 e. The minimum absolute atomic E-state index is 0. The molecule has 80 valence electrons. The van der Waals surface area contributed by atoms with Gasteiger partial charge in [-0.3, -0.25) is 0 Å². The first-order valence-electron chi connectivity index (χ1n) is 4.50. The third kappa shape index (κ3) is 5.16. The van der Waals surface area contributed by atoms with E-state index in [1.54, 1.807) is 6.26 Å². The Balaban J connectivity index is 0.00000112. The molecular formula is C12H11BrMgO2. The Morgan fingerprint density at radius 1 is 1.12 bits per heavy atom. The van der Waals surface area contributed by atoms with Crippen molar-refractivity contribution in [2.45, 2.75) is 13.2 Å². The second-order valence-corrected chi connectivity index (χ2v) is 2.98. The minimum atomic E-state index is 0. The monoisotopic (exact) mass is 290 g/mol. The third-order valence-electron chi connectivity index (χ3n) is 1.88. The molecule has 1 heterocycles. The van der Waals surface area contributed by atoms with Crippen LogP contribution in [0.1, 0.15) is 11.3 Å². The van der Waals surface area contributed by atoms with Gasteiger partial charge in [-0.1, -0.05) is 0 Å². The predicted molar refractivity (Wildman–Crippen MR) is 58.2 cm³/mol. The van der Waals surface area contributed by atoms with Crippen molar-refractivity contribution in [3.63, 3.8) is 0 Å². The predicted octanol–water partition coefficient (Wildman–Crippen LogP) is -0.580. The van der Waals surface area contributed by atoms with Gasteiger partial charge in [-0.15, -0.1) is 5.56 Å². The van der Waals surface area contributed by atoms with Gasteiger partial charge in [0, 0.05) is 0 Å². The van der Waals surface area contributed by atoms with Crippen molar-refractivity contribution in [3.8, 4) is 0 Å². The van der Waals surface area contributed by atoms with Crippen molar-refractivity contribution in [3.05, 3.63) is 60.1 Å². The number of halogens is 1. The third-order valence-corrected chi connectivity index (χ3v) is 1.88. The fraction of sp³-hybridized carbons (Fsp3) is 0.167. The van der Waals surface area contributed by atoms with E-state index >= 15 is 0 Å². The summed E-state index contributed by atoms with van der Waals surface area (Å²) < 4.78 is 10.6. The van der Waals surface area contributed by atoms with Crippen molar-refractivity contribution in [1.82, 2.24) is 0 Å². The average molecular weight is 291 g/mol. The van der Waals surface area contributed by atoms with Crippen LogP contribution in [0.25, 0.3) is 0 Å². The summed E-state index contributed by atoms with van der Waals surface area (Å²) in [5.41, 5.74) is 1.15. The Morgan fingerprint density at radius 3 is 2.50 bits per heavy atom. The summed E-state index contributed by atoms with van der Waals surface area (Å²) in [6.45, 7) is 1.13.